The Balaban J connectivity index is 1.60. The second-order valence-electron chi connectivity index (χ2n) is 6.79. The fourth-order valence-corrected chi connectivity index (χ4v) is 4.34. The van der Waals surface area contributed by atoms with E-state index in [1.165, 1.54) is 31.2 Å². The summed E-state index contributed by atoms with van der Waals surface area (Å²) in [6, 6.07) is 2.07. The maximum absolute atomic E-state index is 12.4. The van der Waals surface area contributed by atoms with Crippen LogP contribution < -0.4 is 5.32 Å². The van der Waals surface area contributed by atoms with E-state index in [2.05, 4.69) is 34.0 Å². The van der Waals surface area contributed by atoms with Gasteiger partial charge in [-0.3, -0.25) is 10.1 Å². The van der Waals surface area contributed by atoms with Gasteiger partial charge in [-0.1, -0.05) is 32.6 Å². The number of nitrogens with zero attached hydrogens (tertiary/aromatic N) is 1. The fourth-order valence-electron chi connectivity index (χ4n) is 3.66. The minimum Gasteiger partial charge on any atom is -0.322 e. The number of hydrogen-bond donors (Lipinski definition) is 1. The molecule has 3 rings (SSSR count). The highest BCUT2D eigenvalue weighted by atomic mass is 32.1. The van der Waals surface area contributed by atoms with E-state index in [4.69, 9.17) is 0 Å². The van der Waals surface area contributed by atoms with E-state index in [1.807, 2.05) is 6.92 Å². The first-order valence-electron chi connectivity index (χ1n) is 8.23. The van der Waals surface area contributed by atoms with Crippen LogP contribution in [0.4, 0.5) is 0 Å². The first-order chi connectivity index (χ1) is 10.1. The van der Waals surface area contributed by atoms with Gasteiger partial charge in [-0.25, -0.2) is 0 Å². The van der Waals surface area contributed by atoms with Gasteiger partial charge in [-0.15, -0.1) is 0 Å². The first-order valence-corrected chi connectivity index (χ1v) is 9.18. The number of carbonyl (C=O) groups is 1. The molecule has 0 spiro atoms. The summed E-state index contributed by atoms with van der Waals surface area (Å²) >= 11 is 1.70. The number of carbonyl (C=O) groups excluding carboxylic acids is 1. The Morgan fingerprint density at radius 2 is 2.05 bits per heavy atom. The van der Waals surface area contributed by atoms with Gasteiger partial charge in [-0.2, -0.15) is 11.3 Å². The van der Waals surface area contributed by atoms with E-state index in [0.717, 1.165) is 24.8 Å². The largest absolute Gasteiger partial charge is 0.322 e. The van der Waals surface area contributed by atoms with Crippen molar-refractivity contribution in [2.75, 3.05) is 6.54 Å². The van der Waals surface area contributed by atoms with Crippen LogP contribution in [-0.2, 0) is 4.79 Å². The number of nitrogens with one attached hydrogen (secondary N) is 1. The highest BCUT2D eigenvalue weighted by Crippen LogP contribution is 2.32. The Hall–Kier alpha value is -0.870. The Bertz CT molecular complexity index is 465. The zero-order valence-corrected chi connectivity index (χ0v) is 13.9. The minimum atomic E-state index is -0.0544. The van der Waals surface area contributed by atoms with Crippen LogP contribution >= 0.6 is 11.3 Å². The lowest BCUT2D eigenvalue weighted by molar-refractivity contribution is -0.130. The van der Waals surface area contributed by atoms with Gasteiger partial charge < -0.3 is 4.90 Å². The molecule has 0 aromatic carbocycles. The third-order valence-electron chi connectivity index (χ3n) is 5.15. The zero-order chi connectivity index (χ0) is 14.8. The van der Waals surface area contributed by atoms with Crippen molar-refractivity contribution in [3.05, 3.63) is 22.4 Å². The van der Waals surface area contributed by atoms with Crippen molar-refractivity contribution >= 4 is 17.2 Å². The molecule has 21 heavy (non-hydrogen) atoms. The smallest absolute Gasteiger partial charge is 0.241 e. The van der Waals surface area contributed by atoms with Crippen LogP contribution in [0.2, 0.25) is 0 Å². The molecule has 2 aliphatic rings. The average Bonchev–Trinajstić information content (AvgIpc) is 3.09. The molecule has 1 aromatic heterocycles. The van der Waals surface area contributed by atoms with Crippen molar-refractivity contribution in [3.63, 3.8) is 0 Å². The SMILES string of the molecule is CC1CCC(CCN2C(=O)C(C)NC2c2ccsc2)CC1. The fraction of sp³-hybridized carbons (Fsp3) is 0.706. The van der Waals surface area contributed by atoms with Gasteiger partial charge in [0.2, 0.25) is 5.91 Å². The van der Waals surface area contributed by atoms with Gasteiger partial charge >= 0.3 is 0 Å². The predicted octanol–water partition coefficient (Wildman–Crippen LogP) is 3.78. The molecule has 1 saturated heterocycles. The van der Waals surface area contributed by atoms with Crippen molar-refractivity contribution < 1.29 is 4.79 Å². The topological polar surface area (TPSA) is 32.3 Å². The number of thiophene rings is 1. The summed E-state index contributed by atoms with van der Waals surface area (Å²) in [4.78, 5) is 14.5. The molecule has 3 nitrogen and oxygen atoms in total. The summed E-state index contributed by atoms with van der Waals surface area (Å²) in [5.41, 5.74) is 1.23. The molecule has 2 fully saturated rings. The maximum Gasteiger partial charge on any atom is 0.241 e. The van der Waals surface area contributed by atoms with E-state index in [-0.39, 0.29) is 18.1 Å². The highest BCUT2D eigenvalue weighted by molar-refractivity contribution is 7.07. The monoisotopic (exact) mass is 306 g/mol. The van der Waals surface area contributed by atoms with Crippen LogP contribution in [-0.4, -0.2) is 23.4 Å². The third-order valence-corrected chi connectivity index (χ3v) is 5.85. The second kappa shape index (κ2) is 6.49. The van der Waals surface area contributed by atoms with Crippen LogP contribution in [0, 0.1) is 11.8 Å². The lowest BCUT2D eigenvalue weighted by Crippen LogP contribution is -2.32. The number of amides is 1. The summed E-state index contributed by atoms with van der Waals surface area (Å²) < 4.78 is 0. The van der Waals surface area contributed by atoms with Crippen molar-refractivity contribution in [3.8, 4) is 0 Å². The van der Waals surface area contributed by atoms with Gasteiger partial charge in [0.05, 0.1) is 6.04 Å². The lowest BCUT2D eigenvalue weighted by Gasteiger charge is -2.29. The van der Waals surface area contributed by atoms with Gasteiger partial charge in [0, 0.05) is 6.54 Å². The molecular weight excluding hydrogens is 280 g/mol. The second-order valence-corrected chi connectivity index (χ2v) is 7.57. The molecule has 1 aliphatic heterocycles. The zero-order valence-electron chi connectivity index (χ0n) is 13.0. The molecule has 1 aromatic rings. The number of rotatable bonds is 4. The molecular formula is C17H26N2OS. The summed E-state index contributed by atoms with van der Waals surface area (Å²) in [5, 5.41) is 7.67. The molecule has 4 heteroatoms. The number of hydrogen-bond acceptors (Lipinski definition) is 3. The normalized spacial score (nSPS) is 33.6. The molecule has 1 amide bonds. The summed E-state index contributed by atoms with van der Waals surface area (Å²) in [6.45, 7) is 5.23. The van der Waals surface area contributed by atoms with Gasteiger partial charge in [0.1, 0.15) is 6.17 Å². The van der Waals surface area contributed by atoms with Crippen molar-refractivity contribution in [2.24, 2.45) is 11.8 Å². The molecule has 1 N–H and O–H groups in total. The van der Waals surface area contributed by atoms with Crippen molar-refractivity contribution in [1.82, 2.24) is 10.2 Å². The van der Waals surface area contributed by atoms with E-state index in [0.29, 0.717) is 0 Å². The first kappa shape index (κ1) is 15.0. The minimum absolute atomic E-state index is 0.0544. The van der Waals surface area contributed by atoms with E-state index in [9.17, 15) is 4.79 Å². The van der Waals surface area contributed by atoms with Crippen molar-refractivity contribution in [2.45, 2.75) is 58.2 Å². The molecule has 1 aliphatic carbocycles. The Morgan fingerprint density at radius 3 is 2.71 bits per heavy atom. The lowest BCUT2D eigenvalue weighted by atomic mass is 9.81. The van der Waals surface area contributed by atoms with Gasteiger partial charge in [0.25, 0.3) is 0 Å². The average molecular weight is 306 g/mol. The van der Waals surface area contributed by atoms with Crippen LogP contribution in [0.5, 0.6) is 0 Å². The van der Waals surface area contributed by atoms with E-state index < -0.39 is 0 Å². The Kier molecular flexibility index (Phi) is 4.65. The maximum atomic E-state index is 12.4. The van der Waals surface area contributed by atoms with Crippen LogP contribution in [0.15, 0.2) is 16.8 Å². The molecule has 2 heterocycles. The van der Waals surface area contributed by atoms with Crippen LogP contribution in [0.1, 0.15) is 57.7 Å². The molecule has 2 unspecified atom stereocenters. The molecule has 116 valence electrons. The quantitative estimate of drug-likeness (QED) is 0.918. The van der Waals surface area contributed by atoms with Crippen LogP contribution in [0.25, 0.3) is 0 Å². The van der Waals surface area contributed by atoms with Gasteiger partial charge in [0.15, 0.2) is 0 Å². The Labute approximate surface area is 131 Å². The summed E-state index contributed by atoms with van der Waals surface area (Å²) in [7, 11) is 0. The molecule has 0 bridgehead atoms. The highest BCUT2D eigenvalue weighted by Gasteiger charge is 2.37. The van der Waals surface area contributed by atoms with E-state index in [1.54, 1.807) is 11.3 Å². The molecule has 2 atom stereocenters. The summed E-state index contributed by atoms with van der Waals surface area (Å²) in [5.74, 6) is 1.97. The molecule has 1 saturated carbocycles. The predicted molar refractivity (Wildman–Crippen MR) is 87.1 cm³/mol. The summed E-state index contributed by atoms with van der Waals surface area (Å²) in [6.07, 6.45) is 6.65. The standard InChI is InChI=1S/C17H26N2OS/c1-12-3-5-14(6-4-12)7-9-19-16(15-8-10-21-11-15)18-13(2)17(19)20/h8,10-14,16,18H,3-7,9H2,1-2H3. The molecule has 0 radical (unpaired) electrons. The van der Waals surface area contributed by atoms with Gasteiger partial charge in [-0.05, 0) is 47.6 Å². The Morgan fingerprint density at radius 1 is 1.29 bits per heavy atom. The van der Waals surface area contributed by atoms with Crippen LogP contribution in [0.3, 0.4) is 0 Å². The third kappa shape index (κ3) is 3.32. The van der Waals surface area contributed by atoms with Crippen molar-refractivity contribution in [1.29, 1.82) is 0 Å². The van der Waals surface area contributed by atoms with E-state index >= 15 is 0 Å².